The van der Waals surface area contributed by atoms with Crippen LogP contribution in [-0.4, -0.2) is 58.6 Å². The van der Waals surface area contributed by atoms with Crippen LogP contribution < -0.4 is 0 Å². The van der Waals surface area contributed by atoms with Gasteiger partial charge in [0, 0.05) is 16.9 Å². The van der Waals surface area contributed by atoms with E-state index >= 15 is 0 Å². The summed E-state index contributed by atoms with van der Waals surface area (Å²) in [6, 6.07) is 4.64. The van der Waals surface area contributed by atoms with Crippen LogP contribution in [0.25, 0.3) is 11.4 Å². The summed E-state index contributed by atoms with van der Waals surface area (Å²) in [5.74, 6) is -0.0167. The predicted molar refractivity (Wildman–Crippen MR) is 112 cm³/mol. The third-order valence-corrected chi connectivity index (χ3v) is 5.68. The number of aromatic nitrogens is 2. The van der Waals surface area contributed by atoms with E-state index < -0.39 is 17.5 Å². The highest BCUT2D eigenvalue weighted by Gasteiger charge is 2.47. The summed E-state index contributed by atoms with van der Waals surface area (Å²) in [4.78, 5) is 18.4. The van der Waals surface area contributed by atoms with Gasteiger partial charge >= 0.3 is 6.09 Å². The van der Waals surface area contributed by atoms with Crippen molar-refractivity contribution in [2.75, 3.05) is 19.7 Å². The summed E-state index contributed by atoms with van der Waals surface area (Å²) < 4.78 is 37.6. The minimum atomic E-state index is -0.553. The number of carbonyl (C=O) groups is 1. The summed E-state index contributed by atoms with van der Waals surface area (Å²) >= 11 is 3.23. The first-order valence-corrected chi connectivity index (χ1v) is 10.9. The van der Waals surface area contributed by atoms with E-state index in [1.165, 1.54) is 6.07 Å². The van der Waals surface area contributed by atoms with E-state index in [1.807, 2.05) is 20.8 Å². The van der Waals surface area contributed by atoms with Gasteiger partial charge in [-0.05, 0) is 45.9 Å². The maximum atomic E-state index is 14.2. The molecule has 168 valence electrons. The van der Waals surface area contributed by atoms with E-state index in [9.17, 15) is 9.18 Å². The van der Waals surface area contributed by atoms with Gasteiger partial charge in [0.25, 0.3) is 5.89 Å². The smallest absolute Gasteiger partial charge is 0.410 e. The molecule has 10 heteroatoms. The molecule has 1 amide bonds. The van der Waals surface area contributed by atoms with Crippen molar-refractivity contribution in [1.29, 1.82) is 0 Å². The van der Waals surface area contributed by atoms with Crippen molar-refractivity contribution in [1.82, 2.24) is 15.0 Å². The summed E-state index contributed by atoms with van der Waals surface area (Å²) in [5, 5.41) is 3.89. The average molecular weight is 498 g/mol. The molecular weight excluding hydrogens is 473 g/mol. The number of benzene rings is 1. The molecular formula is C21H25BrFN3O5. The van der Waals surface area contributed by atoms with Gasteiger partial charge in [-0.3, -0.25) is 0 Å². The van der Waals surface area contributed by atoms with Gasteiger partial charge in [-0.1, -0.05) is 21.1 Å². The molecule has 31 heavy (non-hydrogen) atoms. The van der Waals surface area contributed by atoms with Crippen LogP contribution in [0.5, 0.6) is 0 Å². The first-order valence-electron chi connectivity index (χ1n) is 10.1. The standard InChI is InChI=1S/C21H25BrFN3O5/c1-11(19-24-18(25-31-19)14-6-5-13(22)7-15(14)23)29-17-12-8-26(9-16(17)28-10-12)20(27)30-21(2,3)4/h5-7,11-12,16-17H,8-10H2,1-4H3/t11-,12?,16+,17+/m1/s1. The lowest BCUT2D eigenvalue weighted by Crippen LogP contribution is -2.52. The van der Waals surface area contributed by atoms with Crippen LogP contribution in [-0.2, 0) is 14.2 Å². The third kappa shape index (κ3) is 4.91. The zero-order chi connectivity index (χ0) is 22.3. The number of ether oxygens (including phenoxy) is 3. The number of fused-ring (bicyclic) bond motifs is 2. The lowest BCUT2D eigenvalue weighted by Gasteiger charge is -2.37. The Labute approximate surface area is 188 Å². The van der Waals surface area contributed by atoms with E-state index in [-0.39, 0.29) is 41.5 Å². The van der Waals surface area contributed by atoms with Gasteiger partial charge in [-0.25, -0.2) is 9.18 Å². The highest BCUT2D eigenvalue weighted by molar-refractivity contribution is 9.10. The molecule has 2 aromatic rings. The van der Waals surface area contributed by atoms with Crippen LogP contribution in [0.3, 0.4) is 0 Å². The zero-order valence-electron chi connectivity index (χ0n) is 17.8. The molecule has 0 N–H and O–H groups in total. The van der Waals surface area contributed by atoms with Crippen molar-refractivity contribution >= 4 is 22.0 Å². The van der Waals surface area contributed by atoms with E-state index in [0.717, 1.165) is 0 Å². The van der Waals surface area contributed by atoms with E-state index in [2.05, 4.69) is 26.1 Å². The minimum Gasteiger partial charge on any atom is -0.444 e. The highest BCUT2D eigenvalue weighted by Crippen LogP contribution is 2.34. The molecule has 0 radical (unpaired) electrons. The third-order valence-electron chi connectivity index (χ3n) is 5.19. The topological polar surface area (TPSA) is 86.9 Å². The molecule has 1 aromatic carbocycles. The van der Waals surface area contributed by atoms with Gasteiger partial charge in [-0.2, -0.15) is 4.98 Å². The van der Waals surface area contributed by atoms with Crippen LogP contribution in [0.2, 0.25) is 0 Å². The molecule has 2 saturated heterocycles. The molecule has 2 fully saturated rings. The Morgan fingerprint density at radius 1 is 1.35 bits per heavy atom. The lowest BCUT2D eigenvalue weighted by molar-refractivity contribution is -0.0928. The molecule has 1 unspecified atom stereocenters. The second kappa shape index (κ2) is 8.48. The molecule has 4 atom stereocenters. The molecule has 1 aromatic heterocycles. The molecule has 4 rings (SSSR count). The fraction of sp³-hybridized carbons (Fsp3) is 0.571. The Morgan fingerprint density at radius 3 is 2.81 bits per heavy atom. The van der Waals surface area contributed by atoms with E-state index in [0.29, 0.717) is 24.2 Å². The summed E-state index contributed by atoms with van der Waals surface area (Å²) in [6.07, 6.45) is -1.34. The number of hydrogen-bond donors (Lipinski definition) is 0. The molecule has 0 spiro atoms. The molecule has 8 nitrogen and oxygen atoms in total. The number of carbonyl (C=O) groups excluding carboxylic acids is 1. The highest BCUT2D eigenvalue weighted by atomic mass is 79.9. The van der Waals surface area contributed by atoms with Crippen LogP contribution in [0.4, 0.5) is 9.18 Å². The Morgan fingerprint density at radius 2 is 2.13 bits per heavy atom. The SMILES string of the molecule is C[C@@H](O[C@H]1C2CO[C@H]1CN(C(=O)OC(C)(C)C)C2)c1nc(-c2ccc(Br)cc2F)no1. The number of halogens is 2. The molecule has 2 aliphatic heterocycles. The van der Waals surface area contributed by atoms with Crippen molar-refractivity contribution in [2.45, 2.75) is 51.6 Å². The Bertz CT molecular complexity index is 949. The zero-order valence-corrected chi connectivity index (χ0v) is 19.4. The second-order valence-electron chi connectivity index (χ2n) is 8.84. The molecule has 0 saturated carbocycles. The van der Waals surface area contributed by atoms with Gasteiger partial charge < -0.3 is 23.6 Å². The fourth-order valence-electron chi connectivity index (χ4n) is 3.78. The van der Waals surface area contributed by atoms with Crippen molar-refractivity contribution in [3.8, 4) is 11.4 Å². The Balaban J connectivity index is 1.40. The van der Waals surface area contributed by atoms with Gasteiger partial charge in [0.05, 0.1) is 24.8 Å². The van der Waals surface area contributed by atoms with Gasteiger partial charge in [0.1, 0.15) is 23.6 Å². The van der Waals surface area contributed by atoms with Crippen molar-refractivity contribution in [2.24, 2.45) is 5.92 Å². The first kappa shape index (κ1) is 22.2. The molecule has 2 bridgehead atoms. The lowest BCUT2D eigenvalue weighted by atomic mass is 9.96. The maximum absolute atomic E-state index is 14.2. The number of hydrogen-bond acceptors (Lipinski definition) is 7. The van der Waals surface area contributed by atoms with Crippen molar-refractivity contribution in [3.63, 3.8) is 0 Å². The summed E-state index contributed by atoms with van der Waals surface area (Å²) in [6.45, 7) is 8.70. The van der Waals surface area contributed by atoms with Gasteiger partial charge in [0.2, 0.25) is 5.82 Å². The Hall–Kier alpha value is -2.04. The first-order chi connectivity index (χ1) is 14.6. The predicted octanol–water partition coefficient (Wildman–Crippen LogP) is 4.35. The van der Waals surface area contributed by atoms with Crippen LogP contribution in [0, 0.1) is 11.7 Å². The van der Waals surface area contributed by atoms with Crippen molar-refractivity contribution < 1.29 is 27.9 Å². The maximum Gasteiger partial charge on any atom is 0.410 e. The number of piperidine rings is 1. The number of rotatable bonds is 4. The fourth-order valence-corrected chi connectivity index (χ4v) is 4.11. The average Bonchev–Trinajstić information content (AvgIpc) is 3.22. The number of likely N-dealkylation sites (tertiary alicyclic amines) is 1. The second-order valence-corrected chi connectivity index (χ2v) is 9.76. The van der Waals surface area contributed by atoms with Crippen LogP contribution >= 0.6 is 15.9 Å². The number of amides is 1. The Kier molecular flexibility index (Phi) is 6.06. The monoisotopic (exact) mass is 497 g/mol. The quantitative estimate of drug-likeness (QED) is 0.620. The normalized spacial score (nSPS) is 24.3. The van der Waals surface area contributed by atoms with Crippen LogP contribution in [0.1, 0.15) is 39.7 Å². The van der Waals surface area contributed by atoms with Gasteiger partial charge in [0.15, 0.2) is 0 Å². The van der Waals surface area contributed by atoms with E-state index in [1.54, 1.807) is 24.0 Å². The van der Waals surface area contributed by atoms with E-state index in [4.69, 9.17) is 18.7 Å². The van der Waals surface area contributed by atoms with Gasteiger partial charge in [-0.15, -0.1) is 0 Å². The summed E-state index contributed by atoms with van der Waals surface area (Å²) in [5.41, 5.74) is -0.303. The van der Waals surface area contributed by atoms with Crippen molar-refractivity contribution in [3.05, 3.63) is 34.4 Å². The molecule has 2 aliphatic rings. The molecule has 3 heterocycles. The summed E-state index contributed by atoms with van der Waals surface area (Å²) in [7, 11) is 0. The molecule has 0 aliphatic carbocycles. The minimum absolute atomic E-state index is 0.0139. The largest absolute Gasteiger partial charge is 0.444 e. The van der Waals surface area contributed by atoms with Crippen LogP contribution in [0.15, 0.2) is 27.2 Å². The number of nitrogens with zero attached hydrogens (tertiary/aromatic N) is 3.